The van der Waals surface area contributed by atoms with E-state index in [9.17, 15) is 9.59 Å². The largest absolute Gasteiger partial charge is 0.493 e. The van der Waals surface area contributed by atoms with E-state index < -0.39 is 12.0 Å². The Labute approximate surface area is 279 Å². The van der Waals surface area contributed by atoms with Crippen molar-refractivity contribution in [3.63, 3.8) is 0 Å². The van der Waals surface area contributed by atoms with Crippen molar-refractivity contribution in [2.24, 2.45) is 4.99 Å². The van der Waals surface area contributed by atoms with Gasteiger partial charge < -0.3 is 23.7 Å². The summed E-state index contributed by atoms with van der Waals surface area (Å²) in [6.45, 7) is 8.70. The van der Waals surface area contributed by atoms with Crippen molar-refractivity contribution in [2.75, 3.05) is 26.9 Å². The fourth-order valence-electron chi connectivity index (χ4n) is 5.19. The first-order chi connectivity index (χ1) is 22.3. The minimum Gasteiger partial charge on any atom is -0.493 e. The van der Waals surface area contributed by atoms with E-state index in [1.165, 1.54) is 11.3 Å². The van der Waals surface area contributed by atoms with Crippen molar-refractivity contribution in [3.8, 4) is 23.0 Å². The number of allylic oxidation sites excluding steroid dienone is 1. The second kappa shape index (κ2) is 14.8. The van der Waals surface area contributed by atoms with E-state index in [1.54, 1.807) is 37.7 Å². The van der Waals surface area contributed by atoms with Crippen molar-refractivity contribution < 1.29 is 28.5 Å². The molecule has 0 N–H and O–H groups in total. The minimum atomic E-state index is -0.789. The number of nitrogens with zero attached hydrogens (tertiary/aromatic N) is 2. The van der Waals surface area contributed by atoms with E-state index in [0.29, 0.717) is 67.9 Å². The molecule has 240 valence electrons. The van der Waals surface area contributed by atoms with Crippen LogP contribution in [0.3, 0.4) is 0 Å². The van der Waals surface area contributed by atoms with Crippen molar-refractivity contribution in [2.45, 2.75) is 40.3 Å². The lowest BCUT2D eigenvalue weighted by molar-refractivity contribution is -0.139. The molecule has 0 aliphatic carbocycles. The molecule has 1 atom stereocenters. The van der Waals surface area contributed by atoms with Crippen LogP contribution in [0.4, 0.5) is 0 Å². The predicted molar refractivity (Wildman–Crippen MR) is 181 cm³/mol. The molecule has 0 unspecified atom stereocenters. The number of carbonyl (C=O) groups excluding carboxylic acids is 1. The SMILES string of the molecule is CCOC(=O)C1=C(C)N=c2s/c(=C\c3cc(Br)c(OCc4ccccc4)c(OC)c3)c(=O)n2[C@H]1c1ccc(OCC)c(OCC)c1. The van der Waals surface area contributed by atoms with Gasteiger partial charge in [-0.15, -0.1) is 0 Å². The van der Waals surface area contributed by atoms with Gasteiger partial charge in [0.15, 0.2) is 27.8 Å². The summed E-state index contributed by atoms with van der Waals surface area (Å²) in [6, 6.07) is 18.2. The van der Waals surface area contributed by atoms with Gasteiger partial charge in [0.1, 0.15) is 6.61 Å². The summed E-state index contributed by atoms with van der Waals surface area (Å²) in [5, 5.41) is 0. The van der Waals surface area contributed by atoms with Crippen LogP contribution in [-0.4, -0.2) is 37.5 Å². The van der Waals surface area contributed by atoms with Gasteiger partial charge in [-0.25, -0.2) is 9.79 Å². The molecule has 1 aromatic heterocycles. The third kappa shape index (κ3) is 6.90. The van der Waals surface area contributed by atoms with Crippen LogP contribution >= 0.6 is 27.3 Å². The third-order valence-electron chi connectivity index (χ3n) is 7.18. The van der Waals surface area contributed by atoms with Gasteiger partial charge in [0, 0.05) is 0 Å². The smallest absolute Gasteiger partial charge is 0.338 e. The number of carbonyl (C=O) groups is 1. The topological polar surface area (TPSA) is 97.6 Å². The molecule has 4 aromatic rings. The summed E-state index contributed by atoms with van der Waals surface area (Å²) >= 11 is 4.86. The molecule has 9 nitrogen and oxygen atoms in total. The molecule has 2 heterocycles. The number of benzene rings is 3. The van der Waals surface area contributed by atoms with Gasteiger partial charge in [-0.1, -0.05) is 47.7 Å². The number of halogens is 1. The molecule has 11 heteroatoms. The van der Waals surface area contributed by atoms with Gasteiger partial charge in [-0.05, 0) is 90.7 Å². The molecule has 0 saturated carbocycles. The molecular formula is C35H35BrN2O7S. The maximum Gasteiger partial charge on any atom is 0.338 e. The van der Waals surface area contributed by atoms with Crippen molar-refractivity contribution in [1.82, 2.24) is 4.57 Å². The summed E-state index contributed by atoms with van der Waals surface area (Å²) < 4.78 is 31.5. The lowest BCUT2D eigenvalue weighted by atomic mass is 9.95. The average molecular weight is 708 g/mol. The molecule has 1 aliphatic rings. The van der Waals surface area contributed by atoms with Crippen LogP contribution in [-0.2, 0) is 16.1 Å². The molecule has 0 spiro atoms. The second-order valence-corrected chi connectivity index (χ2v) is 12.0. The molecule has 46 heavy (non-hydrogen) atoms. The predicted octanol–water partition coefficient (Wildman–Crippen LogP) is 5.95. The molecule has 5 rings (SSSR count). The number of hydrogen-bond donors (Lipinski definition) is 0. The van der Waals surface area contributed by atoms with E-state index in [2.05, 4.69) is 20.9 Å². The molecule has 0 saturated heterocycles. The Kier molecular flexibility index (Phi) is 10.6. The van der Waals surface area contributed by atoms with E-state index >= 15 is 0 Å². The van der Waals surface area contributed by atoms with Crippen LogP contribution in [0.1, 0.15) is 50.4 Å². The highest BCUT2D eigenvalue weighted by atomic mass is 79.9. The second-order valence-electron chi connectivity index (χ2n) is 10.2. The zero-order chi connectivity index (χ0) is 32.8. The van der Waals surface area contributed by atoms with Crippen molar-refractivity contribution >= 4 is 39.3 Å². The normalized spacial score (nSPS) is 14.4. The Morgan fingerprint density at radius 1 is 0.957 bits per heavy atom. The lowest BCUT2D eigenvalue weighted by Gasteiger charge is -2.25. The summed E-state index contributed by atoms with van der Waals surface area (Å²) in [6.07, 6.45) is 1.78. The first-order valence-corrected chi connectivity index (χ1v) is 16.5. The number of hydrogen-bond acceptors (Lipinski definition) is 9. The number of rotatable bonds is 12. The lowest BCUT2D eigenvalue weighted by Crippen LogP contribution is -2.40. The summed E-state index contributed by atoms with van der Waals surface area (Å²) in [4.78, 5) is 32.6. The fourth-order valence-corrected chi connectivity index (χ4v) is 6.81. The van der Waals surface area contributed by atoms with E-state index in [1.807, 2.05) is 68.4 Å². The monoisotopic (exact) mass is 706 g/mol. The standard InChI is InChI=1S/C35H35BrN2O7S/c1-6-42-26-15-14-24(19-27(26)43-7-2)31-30(34(40)44-8-3)21(4)37-35-38(31)33(39)29(46-35)18-23-16-25(36)32(28(17-23)41-5)45-20-22-12-10-9-11-13-22/h9-19,31H,6-8,20H2,1-5H3/b29-18-/t31-/m0/s1. The maximum atomic E-state index is 14.2. The van der Waals surface area contributed by atoms with Gasteiger partial charge in [0.05, 0.1) is 53.2 Å². The third-order valence-corrected chi connectivity index (χ3v) is 8.75. The van der Waals surface area contributed by atoms with Gasteiger partial charge in [-0.3, -0.25) is 9.36 Å². The Bertz CT molecular complexity index is 1950. The highest BCUT2D eigenvalue weighted by molar-refractivity contribution is 9.10. The highest BCUT2D eigenvalue weighted by Gasteiger charge is 2.34. The average Bonchev–Trinajstić information content (AvgIpc) is 3.34. The minimum absolute atomic E-state index is 0.183. The Morgan fingerprint density at radius 2 is 1.70 bits per heavy atom. The van der Waals surface area contributed by atoms with Crippen LogP contribution < -0.4 is 33.8 Å². The number of aromatic nitrogens is 1. The van der Waals surface area contributed by atoms with Gasteiger partial charge >= 0.3 is 5.97 Å². The van der Waals surface area contributed by atoms with Crippen LogP contribution in [0, 0.1) is 0 Å². The quantitative estimate of drug-likeness (QED) is 0.168. The zero-order valence-corrected chi connectivity index (χ0v) is 28.7. The summed E-state index contributed by atoms with van der Waals surface area (Å²) in [5.74, 6) is 1.64. The first-order valence-electron chi connectivity index (χ1n) is 14.9. The van der Waals surface area contributed by atoms with Crippen LogP contribution in [0.2, 0.25) is 0 Å². The molecule has 3 aromatic carbocycles. The number of fused-ring (bicyclic) bond motifs is 1. The number of methoxy groups -OCH3 is 1. The number of thiazole rings is 1. The Hall–Kier alpha value is -4.35. The zero-order valence-electron chi connectivity index (χ0n) is 26.3. The van der Waals surface area contributed by atoms with E-state index in [4.69, 9.17) is 23.7 Å². The molecule has 0 amide bonds. The Morgan fingerprint density at radius 3 is 2.39 bits per heavy atom. The molecular weight excluding hydrogens is 672 g/mol. The van der Waals surface area contributed by atoms with E-state index in [-0.39, 0.29) is 17.7 Å². The maximum absolute atomic E-state index is 14.2. The summed E-state index contributed by atoms with van der Waals surface area (Å²) in [5.41, 5.74) is 2.88. The molecule has 0 bridgehead atoms. The van der Waals surface area contributed by atoms with E-state index in [0.717, 1.165) is 11.1 Å². The van der Waals surface area contributed by atoms with Crippen LogP contribution in [0.5, 0.6) is 23.0 Å². The number of esters is 1. The van der Waals surface area contributed by atoms with Gasteiger partial charge in [-0.2, -0.15) is 0 Å². The fraction of sp³-hybridized carbons (Fsp3) is 0.286. The highest BCUT2D eigenvalue weighted by Crippen LogP contribution is 2.38. The van der Waals surface area contributed by atoms with Crippen LogP contribution in [0.25, 0.3) is 6.08 Å². The molecule has 0 radical (unpaired) electrons. The molecule has 0 fully saturated rings. The van der Waals surface area contributed by atoms with Crippen molar-refractivity contribution in [1.29, 1.82) is 0 Å². The first kappa shape index (κ1) is 33.0. The van der Waals surface area contributed by atoms with Crippen LogP contribution in [0.15, 0.2) is 86.2 Å². The Balaban J connectivity index is 1.61. The van der Waals surface area contributed by atoms with Crippen molar-refractivity contribution in [3.05, 3.63) is 113 Å². The number of ether oxygens (including phenoxy) is 5. The van der Waals surface area contributed by atoms with Gasteiger partial charge in [0.25, 0.3) is 5.56 Å². The summed E-state index contributed by atoms with van der Waals surface area (Å²) in [7, 11) is 1.57. The molecule has 1 aliphatic heterocycles. The van der Waals surface area contributed by atoms with Gasteiger partial charge in [0.2, 0.25) is 0 Å².